The molecule has 0 aromatic rings. The number of aliphatic carboxylic acids is 1. The number of nitrogens with two attached hydrogens (primary N) is 1. The molecule has 0 saturated heterocycles. The largest absolute Gasteiger partial charge is 0.480 e. The Hall–Kier alpha value is -0.240. The van der Waals surface area contributed by atoms with Crippen molar-refractivity contribution in [1.82, 2.24) is 5.32 Å². The van der Waals surface area contributed by atoms with Crippen LogP contribution in [0.2, 0.25) is 0 Å². The number of carboxylic acid groups (broad SMARTS) is 1. The highest BCUT2D eigenvalue weighted by Crippen LogP contribution is 1.90. The molecule has 0 aromatic heterocycles. The molecule has 0 rings (SSSR count). The lowest BCUT2D eigenvalue weighted by Gasteiger charge is -2.14. The molecule has 0 aliphatic heterocycles. The SMILES string of the molecule is NC(CN[C@@H](CS)C(=O)O)C(=O)CS. The molecule has 0 aromatic carbocycles. The van der Waals surface area contributed by atoms with Crippen LogP contribution in [0.4, 0.5) is 0 Å². The van der Waals surface area contributed by atoms with E-state index in [0.717, 1.165) is 0 Å². The first-order valence-corrected chi connectivity index (χ1v) is 5.25. The molecule has 82 valence electrons. The van der Waals surface area contributed by atoms with Crippen LogP contribution >= 0.6 is 25.3 Å². The second kappa shape index (κ2) is 7.10. The minimum absolute atomic E-state index is 0.0570. The molecule has 1 unspecified atom stereocenters. The second-order valence-corrected chi connectivity index (χ2v) is 3.39. The number of ketones is 1. The predicted molar refractivity (Wildman–Crippen MR) is 60.1 cm³/mol. The zero-order valence-electron chi connectivity index (χ0n) is 7.51. The highest BCUT2D eigenvalue weighted by Gasteiger charge is 2.18. The van der Waals surface area contributed by atoms with Crippen molar-refractivity contribution in [3.8, 4) is 0 Å². The molecule has 0 fully saturated rings. The van der Waals surface area contributed by atoms with E-state index in [1.165, 1.54) is 0 Å². The molecule has 0 amide bonds. The fourth-order valence-electron chi connectivity index (χ4n) is 0.730. The summed E-state index contributed by atoms with van der Waals surface area (Å²) in [5, 5.41) is 11.3. The highest BCUT2D eigenvalue weighted by molar-refractivity contribution is 7.81. The average Bonchev–Trinajstić information content (AvgIpc) is 2.16. The Bertz CT molecular complexity index is 213. The third kappa shape index (κ3) is 4.85. The maximum atomic E-state index is 11.0. The summed E-state index contributed by atoms with van der Waals surface area (Å²) < 4.78 is 0. The maximum absolute atomic E-state index is 11.0. The van der Waals surface area contributed by atoms with Gasteiger partial charge in [0, 0.05) is 12.3 Å². The number of carboxylic acids is 1. The van der Waals surface area contributed by atoms with Crippen LogP contribution in [0.3, 0.4) is 0 Å². The Morgan fingerprint density at radius 2 is 2.00 bits per heavy atom. The van der Waals surface area contributed by atoms with Crippen LogP contribution in [0.15, 0.2) is 0 Å². The molecular formula is C7H14N2O3S2. The lowest BCUT2D eigenvalue weighted by atomic mass is 10.2. The first kappa shape index (κ1) is 13.8. The van der Waals surface area contributed by atoms with Crippen molar-refractivity contribution in [3.05, 3.63) is 0 Å². The van der Waals surface area contributed by atoms with Gasteiger partial charge in [0.2, 0.25) is 0 Å². The van der Waals surface area contributed by atoms with Gasteiger partial charge in [0.25, 0.3) is 0 Å². The summed E-state index contributed by atoms with van der Waals surface area (Å²) >= 11 is 7.62. The third-order valence-electron chi connectivity index (χ3n) is 1.63. The summed E-state index contributed by atoms with van der Waals surface area (Å²) in [6, 6.07) is -1.49. The van der Waals surface area contributed by atoms with Gasteiger partial charge in [-0.25, -0.2) is 0 Å². The third-order valence-corrected chi connectivity index (χ3v) is 2.31. The lowest BCUT2D eigenvalue weighted by Crippen LogP contribution is -2.47. The fraction of sp³-hybridized carbons (Fsp3) is 0.714. The summed E-state index contributed by atoms with van der Waals surface area (Å²) in [5.74, 6) is -1.02. The standard InChI is InChI=1S/C7H14N2O3S2/c8-4(6(10)3-14)1-9-5(2-13)7(11)12/h4-5,9,13-14H,1-3,8H2,(H,11,12)/t4?,5-/m0/s1. The number of Topliss-reactive ketones (excluding diaryl/α,β-unsaturated/α-hetero) is 1. The fourth-order valence-corrected chi connectivity index (χ4v) is 1.25. The number of carbonyl (C=O) groups is 2. The maximum Gasteiger partial charge on any atom is 0.321 e. The Morgan fingerprint density at radius 1 is 1.43 bits per heavy atom. The zero-order valence-corrected chi connectivity index (χ0v) is 9.30. The van der Waals surface area contributed by atoms with Gasteiger partial charge in [-0.05, 0) is 0 Å². The highest BCUT2D eigenvalue weighted by atomic mass is 32.1. The van der Waals surface area contributed by atoms with E-state index in [4.69, 9.17) is 10.8 Å². The van der Waals surface area contributed by atoms with Crippen molar-refractivity contribution >= 4 is 37.0 Å². The van der Waals surface area contributed by atoms with Gasteiger partial charge in [-0.3, -0.25) is 9.59 Å². The summed E-state index contributed by atoms with van der Waals surface area (Å²) in [6.45, 7) is 0.122. The number of rotatable bonds is 7. The van der Waals surface area contributed by atoms with Gasteiger partial charge in [-0.15, -0.1) is 0 Å². The van der Waals surface area contributed by atoms with E-state index < -0.39 is 18.1 Å². The Kier molecular flexibility index (Phi) is 6.98. The summed E-state index contributed by atoms with van der Waals surface area (Å²) in [6.07, 6.45) is 0. The van der Waals surface area contributed by atoms with Crippen LogP contribution < -0.4 is 11.1 Å². The zero-order chi connectivity index (χ0) is 11.1. The Morgan fingerprint density at radius 3 is 2.36 bits per heavy atom. The summed E-state index contributed by atoms with van der Waals surface area (Å²) in [7, 11) is 0. The van der Waals surface area contributed by atoms with Crippen LogP contribution in [0, 0.1) is 0 Å². The smallest absolute Gasteiger partial charge is 0.321 e. The monoisotopic (exact) mass is 238 g/mol. The molecule has 5 nitrogen and oxygen atoms in total. The number of nitrogens with one attached hydrogen (secondary N) is 1. The van der Waals surface area contributed by atoms with Crippen molar-refractivity contribution in [1.29, 1.82) is 0 Å². The molecule has 0 saturated carbocycles. The van der Waals surface area contributed by atoms with Gasteiger partial charge < -0.3 is 16.2 Å². The Labute approximate surface area is 93.2 Å². The van der Waals surface area contributed by atoms with Crippen LogP contribution in [0.5, 0.6) is 0 Å². The molecule has 0 spiro atoms. The number of thiol groups is 2. The normalized spacial score (nSPS) is 14.8. The van der Waals surface area contributed by atoms with E-state index >= 15 is 0 Å². The van der Waals surface area contributed by atoms with Gasteiger partial charge in [-0.1, -0.05) is 0 Å². The molecule has 0 heterocycles. The molecule has 0 aliphatic carbocycles. The molecule has 7 heteroatoms. The van der Waals surface area contributed by atoms with Crippen molar-refractivity contribution in [2.75, 3.05) is 18.1 Å². The topological polar surface area (TPSA) is 92.4 Å². The molecular weight excluding hydrogens is 224 g/mol. The van der Waals surface area contributed by atoms with Crippen LogP contribution in [-0.4, -0.2) is 47.0 Å². The van der Waals surface area contributed by atoms with Crippen LogP contribution in [-0.2, 0) is 9.59 Å². The van der Waals surface area contributed by atoms with Crippen molar-refractivity contribution in [2.24, 2.45) is 5.73 Å². The predicted octanol–water partition coefficient (Wildman–Crippen LogP) is -1.21. The van der Waals surface area contributed by atoms with Gasteiger partial charge in [0.1, 0.15) is 6.04 Å². The van der Waals surface area contributed by atoms with Gasteiger partial charge in [0.15, 0.2) is 5.78 Å². The van der Waals surface area contributed by atoms with Crippen LogP contribution in [0.25, 0.3) is 0 Å². The Balaban J connectivity index is 3.91. The minimum Gasteiger partial charge on any atom is -0.480 e. The second-order valence-electron chi connectivity index (χ2n) is 2.71. The summed E-state index contributed by atoms with van der Waals surface area (Å²) in [5.41, 5.74) is 5.45. The van der Waals surface area contributed by atoms with Gasteiger partial charge in [0.05, 0.1) is 11.8 Å². The van der Waals surface area contributed by atoms with E-state index in [0.29, 0.717) is 0 Å². The quantitative estimate of drug-likeness (QED) is 0.359. The molecule has 0 aliphatic rings. The van der Waals surface area contributed by atoms with Crippen molar-refractivity contribution in [3.63, 3.8) is 0 Å². The van der Waals surface area contributed by atoms with E-state index in [1.807, 2.05) is 0 Å². The molecule has 14 heavy (non-hydrogen) atoms. The van der Waals surface area contributed by atoms with E-state index in [2.05, 4.69) is 30.6 Å². The van der Waals surface area contributed by atoms with E-state index in [9.17, 15) is 9.59 Å². The first-order chi connectivity index (χ1) is 6.52. The van der Waals surface area contributed by atoms with Gasteiger partial charge in [-0.2, -0.15) is 25.3 Å². The van der Waals surface area contributed by atoms with Crippen molar-refractivity contribution in [2.45, 2.75) is 12.1 Å². The number of carbonyl (C=O) groups excluding carboxylic acids is 1. The van der Waals surface area contributed by atoms with Crippen LogP contribution in [0.1, 0.15) is 0 Å². The average molecular weight is 238 g/mol. The number of hydrogen-bond acceptors (Lipinski definition) is 6. The van der Waals surface area contributed by atoms with Gasteiger partial charge >= 0.3 is 5.97 Å². The molecule has 4 N–H and O–H groups in total. The molecule has 0 radical (unpaired) electrons. The van der Waals surface area contributed by atoms with E-state index in [-0.39, 0.29) is 23.8 Å². The number of hydrogen-bond donors (Lipinski definition) is 5. The minimum atomic E-state index is -1.01. The molecule has 0 bridgehead atoms. The van der Waals surface area contributed by atoms with E-state index in [1.54, 1.807) is 0 Å². The summed E-state index contributed by atoms with van der Waals surface area (Å²) in [4.78, 5) is 21.5. The van der Waals surface area contributed by atoms with Crippen molar-refractivity contribution < 1.29 is 14.7 Å². The molecule has 2 atom stereocenters. The lowest BCUT2D eigenvalue weighted by molar-refractivity contribution is -0.139. The first-order valence-electron chi connectivity index (χ1n) is 3.99.